The molecular formula is C9H7FN2O. The van der Waals surface area contributed by atoms with Crippen molar-refractivity contribution < 1.29 is 9.50 Å². The van der Waals surface area contributed by atoms with Crippen LogP contribution < -0.4 is 0 Å². The third-order valence-corrected chi connectivity index (χ3v) is 1.71. The number of benzene rings is 1. The van der Waals surface area contributed by atoms with E-state index in [2.05, 4.69) is 9.97 Å². The van der Waals surface area contributed by atoms with E-state index in [1.165, 1.54) is 12.1 Å². The Morgan fingerprint density at radius 3 is 2.85 bits per heavy atom. The number of aromatic nitrogens is 2. The van der Waals surface area contributed by atoms with E-state index in [9.17, 15) is 9.50 Å². The van der Waals surface area contributed by atoms with Crippen molar-refractivity contribution in [3.63, 3.8) is 0 Å². The number of nitrogens with one attached hydrogen (secondary N) is 1. The number of aromatic amines is 1. The van der Waals surface area contributed by atoms with Crippen LogP contribution in [0.5, 0.6) is 5.75 Å². The predicted molar refractivity (Wildman–Crippen MR) is 45.6 cm³/mol. The molecule has 0 saturated heterocycles. The first kappa shape index (κ1) is 7.79. The SMILES string of the molecule is Oc1cc(F)ccc1-c1ncc[nH]1. The van der Waals surface area contributed by atoms with Gasteiger partial charge in [-0.15, -0.1) is 0 Å². The Balaban J connectivity index is 2.53. The van der Waals surface area contributed by atoms with Crippen molar-refractivity contribution in [3.05, 3.63) is 36.4 Å². The molecule has 3 nitrogen and oxygen atoms in total. The van der Waals surface area contributed by atoms with Gasteiger partial charge in [0.05, 0.1) is 5.56 Å². The van der Waals surface area contributed by atoms with Crippen LogP contribution in [0.3, 0.4) is 0 Å². The fraction of sp³-hybridized carbons (Fsp3) is 0. The highest BCUT2D eigenvalue weighted by atomic mass is 19.1. The van der Waals surface area contributed by atoms with Gasteiger partial charge < -0.3 is 10.1 Å². The molecule has 0 saturated carbocycles. The molecule has 2 aromatic rings. The lowest BCUT2D eigenvalue weighted by Crippen LogP contribution is -1.82. The fourth-order valence-electron chi connectivity index (χ4n) is 1.12. The van der Waals surface area contributed by atoms with Crippen molar-refractivity contribution in [2.24, 2.45) is 0 Å². The van der Waals surface area contributed by atoms with E-state index >= 15 is 0 Å². The van der Waals surface area contributed by atoms with Crippen LogP contribution in [0.15, 0.2) is 30.6 Å². The number of nitrogens with zero attached hydrogens (tertiary/aromatic N) is 1. The van der Waals surface area contributed by atoms with Gasteiger partial charge in [-0.05, 0) is 12.1 Å². The summed E-state index contributed by atoms with van der Waals surface area (Å²) in [6, 6.07) is 3.80. The van der Waals surface area contributed by atoms with Gasteiger partial charge in [0.25, 0.3) is 0 Å². The monoisotopic (exact) mass is 178 g/mol. The van der Waals surface area contributed by atoms with Crippen molar-refractivity contribution in [1.29, 1.82) is 0 Å². The predicted octanol–water partition coefficient (Wildman–Crippen LogP) is 1.92. The Morgan fingerprint density at radius 2 is 2.23 bits per heavy atom. The molecule has 0 spiro atoms. The van der Waals surface area contributed by atoms with Crippen LogP contribution >= 0.6 is 0 Å². The van der Waals surface area contributed by atoms with Crippen LogP contribution in [0.25, 0.3) is 11.4 Å². The minimum absolute atomic E-state index is 0.116. The Hall–Kier alpha value is -1.84. The second kappa shape index (κ2) is 2.90. The molecule has 1 aromatic heterocycles. The van der Waals surface area contributed by atoms with Crippen LogP contribution in [0.1, 0.15) is 0 Å². The van der Waals surface area contributed by atoms with Gasteiger partial charge >= 0.3 is 0 Å². The van der Waals surface area contributed by atoms with Gasteiger partial charge in [-0.25, -0.2) is 9.37 Å². The minimum Gasteiger partial charge on any atom is -0.507 e. The number of phenols is 1. The largest absolute Gasteiger partial charge is 0.507 e. The van der Waals surface area contributed by atoms with Crippen molar-refractivity contribution in [2.45, 2.75) is 0 Å². The zero-order valence-corrected chi connectivity index (χ0v) is 6.66. The van der Waals surface area contributed by atoms with Gasteiger partial charge in [0, 0.05) is 18.5 Å². The Morgan fingerprint density at radius 1 is 1.38 bits per heavy atom. The van der Waals surface area contributed by atoms with Gasteiger partial charge in [0.2, 0.25) is 0 Å². The Kier molecular flexibility index (Phi) is 1.73. The molecule has 2 N–H and O–H groups in total. The molecule has 0 radical (unpaired) electrons. The summed E-state index contributed by atoms with van der Waals surface area (Å²) in [6.07, 6.45) is 3.20. The van der Waals surface area contributed by atoms with Gasteiger partial charge in [-0.2, -0.15) is 0 Å². The molecule has 0 fully saturated rings. The standard InChI is InChI=1S/C9H7FN2O/c10-6-1-2-7(8(13)5-6)9-11-3-4-12-9/h1-5,13H,(H,11,12). The van der Waals surface area contributed by atoms with E-state index in [0.29, 0.717) is 11.4 Å². The molecule has 1 heterocycles. The van der Waals surface area contributed by atoms with Crippen molar-refractivity contribution in [2.75, 3.05) is 0 Å². The molecule has 66 valence electrons. The number of hydrogen-bond donors (Lipinski definition) is 2. The first-order valence-corrected chi connectivity index (χ1v) is 3.75. The molecule has 2 rings (SSSR count). The van der Waals surface area contributed by atoms with Crippen molar-refractivity contribution in [1.82, 2.24) is 9.97 Å². The molecule has 0 atom stereocenters. The number of halogens is 1. The molecule has 0 aliphatic heterocycles. The van der Waals surface area contributed by atoms with E-state index in [4.69, 9.17) is 0 Å². The summed E-state index contributed by atoms with van der Waals surface area (Å²) in [5, 5.41) is 9.36. The maximum Gasteiger partial charge on any atom is 0.141 e. The third-order valence-electron chi connectivity index (χ3n) is 1.71. The molecule has 4 heteroatoms. The molecule has 0 aliphatic carbocycles. The lowest BCUT2D eigenvalue weighted by Gasteiger charge is -1.99. The quantitative estimate of drug-likeness (QED) is 0.700. The van der Waals surface area contributed by atoms with Crippen molar-refractivity contribution >= 4 is 0 Å². The number of phenolic OH excluding ortho intramolecular Hbond substituents is 1. The van der Waals surface area contributed by atoms with E-state index in [0.717, 1.165) is 6.07 Å². The zero-order valence-electron chi connectivity index (χ0n) is 6.66. The molecule has 13 heavy (non-hydrogen) atoms. The Bertz CT molecular complexity index is 412. The highest BCUT2D eigenvalue weighted by Crippen LogP contribution is 2.26. The van der Waals surface area contributed by atoms with Gasteiger partial charge in [0.15, 0.2) is 0 Å². The highest BCUT2D eigenvalue weighted by Gasteiger charge is 2.06. The molecular weight excluding hydrogens is 171 g/mol. The molecule has 0 amide bonds. The second-order valence-electron chi connectivity index (χ2n) is 2.60. The maximum absolute atomic E-state index is 12.6. The summed E-state index contributed by atoms with van der Waals surface area (Å²) in [7, 11) is 0. The summed E-state index contributed by atoms with van der Waals surface area (Å²) in [4.78, 5) is 6.76. The average Bonchev–Trinajstić information content (AvgIpc) is 2.56. The summed E-state index contributed by atoms with van der Waals surface area (Å²) in [5.41, 5.74) is 0.492. The lowest BCUT2D eigenvalue weighted by molar-refractivity contribution is 0.471. The van der Waals surface area contributed by atoms with Crippen LogP contribution in [0.4, 0.5) is 4.39 Å². The maximum atomic E-state index is 12.6. The number of rotatable bonds is 1. The van der Waals surface area contributed by atoms with E-state index in [1.807, 2.05) is 0 Å². The number of imidazole rings is 1. The molecule has 0 bridgehead atoms. The number of hydrogen-bond acceptors (Lipinski definition) is 2. The van der Waals surface area contributed by atoms with Crippen LogP contribution in [-0.4, -0.2) is 15.1 Å². The smallest absolute Gasteiger partial charge is 0.141 e. The van der Waals surface area contributed by atoms with Gasteiger partial charge in [-0.1, -0.05) is 0 Å². The first-order valence-electron chi connectivity index (χ1n) is 3.75. The number of H-pyrrole nitrogens is 1. The van der Waals surface area contributed by atoms with Crippen LogP contribution in [-0.2, 0) is 0 Å². The lowest BCUT2D eigenvalue weighted by atomic mass is 10.2. The highest BCUT2D eigenvalue weighted by molar-refractivity contribution is 5.63. The van der Waals surface area contributed by atoms with Gasteiger partial charge in [0.1, 0.15) is 17.4 Å². The fourth-order valence-corrected chi connectivity index (χ4v) is 1.12. The topological polar surface area (TPSA) is 48.9 Å². The second-order valence-corrected chi connectivity index (χ2v) is 2.60. The normalized spacial score (nSPS) is 10.2. The summed E-state index contributed by atoms with van der Waals surface area (Å²) in [5.74, 6) is -0.0553. The van der Waals surface area contributed by atoms with Gasteiger partial charge in [-0.3, -0.25) is 0 Å². The Labute approximate surface area is 73.9 Å². The van der Waals surface area contributed by atoms with Crippen molar-refractivity contribution in [3.8, 4) is 17.1 Å². The van der Waals surface area contributed by atoms with Crippen LogP contribution in [0, 0.1) is 5.82 Å². The number of aromatic hydroxyl groups is 1. The third kappa shape index (κ3) is 1.38. The molecule has 1 aromatic carbocycles. The van der Waals surface area contributed by atoms with E-state index in [1.54, 1.807) is 12.4 Å². The summed E-state index contributed by atoms with van der Waals surface area (Å²) < 4.78 is 12.6. The van der Waals surface area contributed by atoms with E-state index in [-0.39, 0.29) is 5.75 Å². The summed E-state index contributed by atoms with van der Waals surface area (Å²) >= 11 is 0. The molecule has 0 unspecified atom stereocenters. The van der Waals surface area contributed by atoms with Crippen LogP contribution in [0.2, 0.25) is 0 Å². The molecule has 0 aliphatic rings. The first-order chi connectivity index (χ1) is 6.27. The van der Waals surface area contributed by atoms with E-state index < -0.39 is 5.82 Å². The summed E-state index contributed by atoms with van der Waals surface area (Å²) in [6.45, 7) is 0. The minimum atomic E-state index is -0.465. The zero-order chi connectivity index (χ0) is 9.26. The average molecular weight is 178 g/mol.